The van der Waals surface area contributed by atoms with Crippen molar-refractivity contribution in [1.82, 2.24) is 5.32 Å². The molecule has 1 aliphatic rings. The van der Waals surface area contributed by atoms with Gasteiger partial charge in [0.05, 0.1) is 13.0 Å². The molecule has 1 aromatic rings. The molecule has 0 aromatic heterocycles. The summed E-state index contributed by atoms with van der Waals surface area (Å²) in [6, 6.07) is 7.55. The maximum Gasteiger partial charge on any atom is 0.223 e. The average Bonchev–Trinajstić information content (AvgIpc) is 2.82. The van der Waals surface area contributed by atoms with Crippen LogP contribution in [0, 0.1) is 11.8 Å². The van der Waals surface area contributed by atoms with Gasteiger partial charge >= 0.3 is 0 Å². The monoisotopic (exact) mass is 290 g/mol. The molecule has 0 saturated heterocycles. The summed E-state index contributed by atoms with van der Waals surface area (Å²) in [5, 5.41) is 3.15. The summed E-state index contributed by atoms with van der Waals surface area (Å²) in [7, 11) is 0. The number of rotatable bonds is 6. The molecule has 4 nitrogen and oxygen atoms in total. The molecule has 0 radical (unpaired) electrons. The first kappa shape index (κ1) is 15.7. The van der Waals surface area contributed by atoms with Crippen LogP contribution in [0.3, 0.4) is 0 Å². The zero-order valence-corrected chi connectivity index (χ0v) is 13.0. The van der Waals surface area contributed by atoms with E-state index in [4.69, 9.17) is 10.5 Å². The number of carbonyl (C=O) groups is 1. The Bertz CT molecular complexity index is 458. The highest BCUT2D eigenvalue weighted by molar-refractivity contribution is 5.76. The largest absolute Gasteiger partial charge is 0.493 e. The maximum absolute atomic E-state index is 12.0. The SMILES string of the molecule is CCC1CCC(NC(=O)CCOc2ccc(N)cc2)C1C. The third-order valence-electron chi connectivity index (χ3n) is 4.58. The topological polar surface area (TPSA) is 64.3 Å². The van der Waals surface area contributed by atoms with Crippen molar-refractivity contribution in [1.29, 1.82) is 0 Å². The van der Waals surface area contributed by atoms with E-state index in [9.17, 15) is 4.79 Å². The molecule has 21 heavy (non-hydrogen) atoms. The van der Waals surface area contributed by atoms with Gasteiger partial charge in [-0.25, -0.2) is 0 Å². The Labute approximate surface area is 127 Å². The average molecular weight is 290 g/mol. The molecule has 3 unspecified atom stereocenters. The van der Waals surface area contributed by atoms with Crippen molar-refractivity contribution in [3.05, 3.63) is 24.3 Å². The summed E-state index contributed by atoms with van der Waals surface area (Å²) in [5.41, 5.74) is 6.32. The normalized spacial score (nSPS) is 24.8. The Morgan fingerprint density at radius 3 is 2.67 bits per heavy atom. The van der Waals surface area contributed by atoms with Gasteiger partial charge in [0, 0.05) is 11.7 Å². The third kappa shape index (κ3) is 4.38. The molecule has 3 N–H and O–H groups in total. The summed E-state index contributed by atoms with van der Waals surface area (Å²) < 4.78 is 5.55. The number of carbonyl (C=O) groups excluding carboxylic acids is 1. The van der Waals surface area contributed by atoms with Crippen LogP contribution in [0.15, 0.2) is 24.3 Å². The van der Waals surface area contributed by atoms with Crippen molar-refractivity contribution in [3.8, 4) is 5.75 Å². The quantitative estimate of drug-likeness (QED) is 0.792. The Balaban J connectivity index is 1.69. The highest BCUT2D eigenvalue weighted by Crippen LogP contribution is 2.33. The van der Waals surface area contributed by atoms with Crippen molar-refractivity contribution in [3.63, 3.8) is 0 Å². The second kappa shape index (κ2) is 7.34. The first-order chi connectivity index (χ1) is 10.1. The predicted molar refractivity (Wildman–Crippen MR) is 85.1 cm³/mol. The molecule has 116 valence electrons. The highest BCUT2D eigenvalue weighted by atomic mass is 16.5. The van der Waals surface area contributed by atoms with Crippen LogP contribution in [-0.4, -0.2) is 18.6 Å². The summed E-state index contributed by atoms with van der Waals surface area (Å²) in [4.78, 5) is 12.0. The number of nitrogens with one attached hydrogen (secondary N) is 1. The van der Waals surface area contributed by atoms with Crippen molar-refractivity contribution in [2.75, 3.05) is 12.3 Å². The van der Waals surface area contributed by atoms with Crippen LogP contribution in [-0.2, 0) is 4.79 Å². The minimum absolute atomic E-state index is 0.0825. The molecule has 0 spiro atoms. The fraction of sp³-hybridized carbons (Fsp3) is 0.588. The van der Waals surface area contributed by atoms with Gasteiger partial charge in [-0.05, 0) is 48.9 Å². The van der Waals surface area contributed by atoms with E-state index in [1.807, 2.05) is 12.1 Å². The molecule has 0 heterocycles. The number of benzene rings is 1. The van der Waals surface area contributed by atoms with Crippen LogP contribution in [0.4, 0.5) is 5.69 Å². The Morgan fingerprint density at radius 1 is 1.33 bits per heavy atom. The van der Waals surface area contributed by atoms with Crippen LogP contribution < -0.4 is 15.8 Å². The van der Waals surface area contributed by atoms with Gasteiger partial charge in [-0.15, -0.1) is 0 Å². The maximum atomic E-state index is 12.0. The molecule has 2 rings (SSSR count). The Morgan fingerprint density at radius 2 is 2.05 bits per heavy atom. The molecular formula is C17H26N2O2. The molecule has 0 bridgehead atoms. The van der Waals surface area contributed by atoms with Gasteiger partial charge in [-0.2, -0.15) is 0 Å². The molecule has 0 aliphatic heterocycles. The van der Waals surface area contributed by atoms with Crippen LogP contribution in [0.5, 0.6) is 5.75 Å². The lowest BCUT2D eigenvalue weighted by molar-refractivity contribution is -0.122. The van der Waals surface area contributed by atoms with E-state index in [2.05, 4.69) is 19.2 Å². The number of ether oxygens (including phenoxy) is 1. The number of anilines is 1. The predicted octanol–water partition coefficient (Wildman–Crippen LogP) is 2.98. The molecule has 1 amide bonds. The van der Waals surface area contributed by atoms with Gasteiger partial charge < -0.3 is 15.8 Å². The summed E-state index contributed by atoms with van der Waals surface area (Å²) >= 11 is 0. The minimum Gasteiger partial charge on any atom is -0.493 e. The van der Waals surface area contributed by atoms with Crippen molar-refractivity contribution in [2.24, 2.45) is 11.8 Å². The second-order valence-corrected chi connectivity index (χ2v) is 5.95. The first-order valence-electron chi connectivity index (χ1n) is 7.88. The number of nitrogens with two attached hydrogens (primary N) is 1. The number of nitrogen functional groups attached to an aromatic ring is 1. The molecule has 1 aliphatic carbocycles. The molecule has 1 saturated carbocycles. The van der Waals surface area contributed by atoms with Gasteiger partial charge in [-0.3, -0.25) is 4.79 Å². The van der Waals surface area contributed by atoms with Crippen molar-refractivity contribution in [2.45, 2.75) is 45.6 Å². The second-order valence-electron chi connectivity index (χ2n) is 5.95. The van der Waals surface area contributed by atoms with E-state index in [1.165, 1.54) is 12.8 Å². The van der Waals surface area contributed by atoms with E-state index in [-0.39, 0.29) is 5.91 Å². The van der Waals surface area contributed by atoms with Crippen molar-refractivity contribution >= 4 is 11.6 Å². The molecular weight excluding hydrogens is 264 g/mol. The van der Waals surface area contributed by atoms with E-state index in [0.29, 0.717) is 30.7 Å². The molecule has 3 atom stereocenters. The third-order valence-corrected chi connectivity index (χ3v) is 4.58. The summed E-state index contributed by atoms with van der Waals surface area (Å²) in [5.74, 6) is 2.16. The van der Waals surface area contributed by atoms with Crippen molar-refractivity contribution < 1.29 is 9.53 Å². The van der Waals surface area contributed by atoms with Gasteiger partial charge in [-0.1, -0.05) is 20.3 Å². The van der Waals surface area contributed by atoms with E-state index < -0.39 is 0 Å². The van der Waals surface area contributed by atoms with Gasteiger partial charge in [0.2, 0.25) is 5.91 Å². The number of hydrogen-bond donors (Lipinski definition) is 2. The zero-order chi connectivity index (χ0) is 15.2. The summed E-state index contributed by atoms with van der Waals surface area (Å²) in [6.45, 7) is 4.87. The zero-order valence-electron chi connectivity index (χ0n) is 13.0. The minimum atomic E-state index is 0.0825. The molecule has 1 fully saturated rings. The summed E-state index contributed by atoms with van der Waals surface area (Å²) in [6.07, 6.45) is 3.92. The standard InChI is InChI=1S/C17H26N2O2/c1-3-13-4-9-16(12(13)2)19-17(20)10-11-21-15-7-5-14(18)6-8-15/h5-8,12-13,16H,3-4,9-11,18H2,1-2H3,(H,19,20). The fourth-order valence-electron chi connectivity index (χ4n) is 3.13. The smallest absolute Gasteiger partial charge is 0.223 e. The number of amides is 1. The lowest BCUT2D eigenvalue weighted by Gasteiger charge is -2.21. The van der Waals surface area contributed by atoms with Crippen LogP contribution in [0.2, 0.25) is 0 Å². The van der Waals surface area contributed by atoms with Crippen LogP contribution in [0.1, 0.15) is 39.5 Å². The lowest BCUT2D eigenvalue weighted by Crippen LogP contribution is -2.38. The lowest BCUT2D eigenvalue weighted by atomic mass is 9.93. The molecule has 1 aromatic carbocycles. The van der Waals surface area contributed by atoms with E-state index >= 15 is 0 Å². The highest BCUT2D eigenvalue weighted by Gasteiger charge is 2.32. The van der Waals surface area contributed by atoms with E-state index in [1.54, 1.807) is 12.1 Å². The van der Waals surface area contributed by atoms with Gasteiger partial charge in [0.1, 0.15) is 5.75 Å². The van der Waals surface area contributed by atoms with Crippen LogP contribution in [0.25, 0.3) is 0 Å². The fourth-order valence-corrected chi connectivity index (χ4v) is 3.13. The van der Waals surface area contributed by atoms with Crippen LogP contribution >= 0.6 is 0 Å². The van der Waals surface area contributed by atoms with Gasteiger partial charge in [0.25, 0.3) is 0 Å². The first-order valence-corrected chi connectivity index (χ1v) is 7.88. The van der Waals surface area contributed by atoms with Gasteiger partial charge in [0.15, 0.2) is 0 Å². The Kier molecular flexibility index (Phi) is 5.48. The molecule has 4 heteroatoms. The number of hydrogen-bond acceptors (Lipinski definition) is 3. The van der Waals surface area contributed by atoms with E-state index in [0.717, 1.165) is 18.1 Å². The Hall–Kier alpha value is -1.71.